The number of aliphatic hydroxyl groups excluding tert-OH is 1. The number of rotatable bonds is 20. The number of fused-ring (bicyclic) bond motifs is 2. The average molecular weight is 1120 g/mol. The van der Waals surface area contributed by atoms with Crippen LogP contribution in [0.1, 0.15) is 87.6 Å². The number of alkyl halides is 8. The molecule has 79 heavy (non-hydrogen) atoms. The number of allylic oxidation sites excluding steroid dienone is 1. The monoisotopic (exact) mass is 1120 g/mol. The molecular formula is C54H66F8N10O7. The van der Waals surface area contributed by atoms with Gasteiger partial charge in [0.25, 0.3) is 5.91 Å². The van der Waals surface area contributed by atoms with Crippen molar-refractivity contribution in [2.75, 3.05) is 38.8 Å². The topological polar surface area (TPSA) is 216 Å². The van der Waals surface area contributed by atoms with Crippen LogP contribution < -0.4 is 32.0 Å². The molecule has 0 spiro atoms. The van der Waals surface area contributed by atoms with Crippen molar-refractivity contribution in [2.45, 2.75) is 134 Å². The van der Waals surface area contributed by atoms with Crippen molar-refractivity contribution in [3.63, 3.8) is 0 Å². The third-order valence-electron chi connectivity index (χ3n) is 14.8. The van der Waals surface area contributed by atoms with Gasteiger partial charge in [-0.05, 0) is 101 Å². The van der Waals surface area contributed by atoms with Crippen LogP contribution >= 0.6 is 0 Å². The van der Waals surface area contributed by atoms with Crippen molar-refractivity contribution in [1.29, 1.82) is 0 Å². The second-order valence-electron chi connectivity index (χ2n) is 20.9. The molecule has 3 aliphatic rings. The van der Waals surface area contributed by atoms with Crippen LogP contribution in [-0.2, 0) is 32.0 Å². The van der Waals surface area contributed by atoms with Crippen LogP contribution in [0.15, 0.2) is 78.1 Å². The van der Waals surface area contributed by atoms with Gasteiger partial charge >= 0.3 is 31.1 Å². The second kappa shape index (κ2) is 25.8. The Balaban J connectivity index is 1.29. The Labute approximate surface area is 452 Å². The van der Waals surface area contributed by atoms with E-state index in [4.69, 9.17) is 10.7 Å². The lowest BCUT2D eigenvalue weighted by Crippen LogP contribution is -2.63. The number of nitrogens with one attached hydrogen (secondary N) is 4. The Morgan fingerprint density at radius 3 is 1.78 bits per heavy atom. The lowest BCUT2D eigenvalue weighted by molar-refractivity contribution is -0.221. The molecule has 2 aliphatic heterocycles. The molecule has 4 amide bonds. The van der Waals surface area contributed by atoms with Crippen LogP contribution in [0.25, 0.3) is 5.57 Å². The van der Waals surface area contributed by atoms with Crippen LogP contribution in [0.5, 0.6) is 0 Å². The molecule has 6 atom stereocenters. The molecule has 2 saturated heterocycles. The maximum Gasteiger partial charge on any atom is 0.407 e. The van der Waals surface area contributed by atoms with E-state index in [1.807, 2.05) is 22.8 Å². The molecule has 430 valence electrons. The Bertz CT molecular complexity index is 2700. The fourth-order valence-electron chi connectivity index (χ4n) is 9.65. The quantitative estimate of drug-likeness (QED) is 0.0226. The van der Waals surface area contributed by atoms with Gasteiger partial charge in [0.15, 0.2) is 0 Å². The first-order valence-corrected chi connectivity index (χ1v) is 25.4. The van der Waals surface area contributed by atoms with Crippen LogP contribution in [0.4, 0.5) is 50.5 Å². The summed E-state index contributed by atoms with van der Waals surface area (Å²) in [5.41, 5.74) is 4.20. The number of halogens is 8. The van der Waals surface area contributed by atoms with Crippen molar-refractivity contribution in [3.05, 3.63) is 101 Å². The van der Waals surface area contributed by atoms with Crippen LogP contribution in [0, 0.1) is 22.7 Å². The van der Waals surface area contributed by atoms with E-state index in [-0.39, 0.29) is 23.1 Å². The molecule has 3 fully saturated rings. The van der Waals surface area contributed by atoms with E-state index in [9.17, 15) is 59.4 Å². The molecule has 7 N–H and O–H groups in total. The number of piperazine rings is 1. The van der Waals surface area contributed by atoms with Gasteiger partial charge in [-0.1, -0.05) is 54.7 Å². The van der Waals surface area contributed by atoms with Crippen molar-refractivity contribution in [3.8, 4) is 11.8 Å². The zero-order valence-electron chi connectivity index (χ0n) is 44.4. The van der Waals surface area contributed by atoms with E-state index in [0.29, 0.717) is 62.5 Å². The van der Waals surface area contributed by atoms with Gasteiger partial charge in [-0.25, -0.2) is 24.6 Å². The number of hydrogen-bond acceptors (Lipinski definition) is 13. The van der Waals surface area contributed by atoms with Crippen molar-refractivity contribution >= 4 is 41.6 Å². The summed E-state index contributed by atoms with van der Waals surface area (Å²) >= 11 is 0. The molecule has 1 aliphatic carbocycles. The summed E-state index contributed by atoms with van der Waals surface area (Å²) in [4.78, 5) is 65.7. The van der Waals surface area contributed by atoms with Gasteiger partial charge in [-0.2, -0.15) is 35.1 Å². The number of methoxy groups -OCH3 is 2. The summed E-state index contributed by atoms with van der Waals surface area (Å²) in [5.74, 6) is 4.15. The summed E-state index contributed by atoms with van der Waals surface area (Å²) in [5, 5.41) is 19.3. The zero-order chi connectivity index (χ0) is 58.0. The van der Waals surface area contributed by atoms with Gasteiger partial charge in [0.05, 0.1) is 37.2 Å². The van der Waals surface area contributed by atoms with Crippen LogP contribution in [-0.4, -0.2) is 145 Å². The number of carbonyl (C=O) groups is 4. The second-order valence-corrected chi connectivity index (χ2v) is 20.9. The predicted molar refractivity (Wildman–Crippen MR) is 277 cm³/mol. The normalized spacial score (nSPS) is 18.9. The minimum Gasteiger partial charge on any atom is -0.453 e. The van der Waals surface area contributed by atoms with Crippen molar-refractivity contribution in [2.24, 2.45) is 21.6 Å². The van der Waals surface area contributed by atoms with E-state index >= 15 is 0 Å². The smallest absolute Gasteiger partial charge is 0.407 e. The fourth-order valence-corrected chi connectivity index (χ4v) is 9.65. The Morgan fingerprint density at radius 2 is 1.30 bits per heavy atom. The van der Waals surface area contributed by atoms with Crippen LogP contribution in [0.2, 0.25) is 0 Å². The number of pyridine rings is 1. The number of aliphatic imine (C=N–C) groups is 1. The predicted octanol–water partition coefficient (Wildman–Crippen LogP) is 6.83. The van der Waals surface area contributed by atoms with Crippen molar-refractivity contribution in [1.82, 2.24) is 36.3 Å². The minimum absolute atomic E-state index is 0.0719. The van der Waals surface area contributed by atoms with E-state index in [0.717, 1.165) is 50.6 Å². The first-order valence-electron chi connectivity index (χ1n) is 25.4. The first-order chi connectivity index (χ1) is 37.1. The highest BCUT2D eigenvalue weighted by Gasteiger charge is 2.57. The summed E-state index contributed by atoms with van der Waals surface area (Å²) < 4.78 is 122. The number of anilines is 1. The molecule has 1 saturated carbocycles. The Kier molecular flexibility index (Phi) is 20.0. The average Bonchev–Trinajstić information content (AvgIpc) is 3.74. The molecule has 2 bridgehead atoms. The molecule has 3 heterocycles. The summed E-state index contributed by atoms with van der Waals surface area (Å²) in [6, 6.07) is 11.3. The highest BCUT2D eigenvalue weighted by molar-refractivity contribution is 6.09. The maximum atomic E-state index is 14.6. The molecule has 0 radical (unpaired) electrons. The minimum atomic E-state index is -5.11. The number of nitrogens with two attached hydrogens (primary N) is 1. The Hall–Kier alpha value is -7.04. The summed E-state index contributed by atoms with van der Waals surface area (Å²) in [6.07, 6.45) is -5.54. The number of benzene rings is 2. The molecule has 17 nitrogen and oxygen atoms in total. The van der Waals surface area contributed by atoms with Gasteiger partial charge in [-0.3, -0.25) is 19.9 Å². The standard InChI is InChI=1S/C54H66F8N10O7/c1-51(2,53(57,58)59)44(67-49(76)78-5)46(74)66-41(24-33-13-10-32(11-14-33)12-15-34-18-23-43(64-26-34)70-29-39-21-22-40(30-70)72(39)38-8-7-9-38)42(73)31-71(28-35-16-19-36(20-17-35)37(25-63)27-65-48(55)56)69-47(75)45(68-50(77)79-6)52(3,4)54(60,61)62/h10-11,13-14,16-20,23,25-27,38-42,44-45,48,73H,7-9,21-22,24,28-31,63H2,1-6H3,(H,66,74)(H,67,76)(H,68,77)(H,69,75)/t39?,40?,41-,42-,44+,45+/m0/s1. The largest absolute Gasteiger partial charge is 0.453 e. The maximum absolute atomic E-state index is 14.6. The number of hydrogen-bond donors (Lipinski definition) is 6. The highest BCUT2D eigenvalue weighted by Crippen LogP contribution is 2.42. The van der Waals surface area contributed by atoms with E-state index in [1.165, 1.54) is 56.4 Å². The lowest BCUT2D eigenvalue weighted by atomic mass is 9.82. The van der Waals surface area contributed by atoms with Gasteiger partial charge in [0.2, 0.25) is 5.91 Å². The van der Waals surface area contributed by atoms with Gasteiger partial charge in [0.1, 0.15) is 17.9 Å². The molecule has 2 unspecified atom stereocenters. The van der Waals surface area contributed by atoms with Gasteiger partial charge in [0, 0.05) is 79.6 Å². The lowest BCUT2D eigenvalue weighted by Gasteiger charge is -2.48. The first kappa shape index (κ1) is 61.2. The molecule has 3 aromatic rings. The van der Waals surface area contributed by atoms with Crippen LogP contribution in [0.3, 0.4) is 0 Å². The van der Waals surface area contributed by atoms with Gasteiger partial charge in [-0.15, -0.1) is 0 Å². The summed E-state index contributed by atoms with van der Waals surface area (Å²) in [6.45, 7) is 0.153. The number of ether oxygens (including phenoxy) is 2. The summed E-state index contributed by atoms with van der Waals surface area (Å²) in [7, 11) is 1.72. The molecule has 25 heteroatoms. The number of nitrogens with zero attached hydrogens (tertiary/aromatic N) is 5. The number of aromatic nitrogens is 1. The number of carbonyl (C=O) groups excluding carboxylic acids is 4. The number of hydrazine groups is 1. The molecule has 1 aromatic heterocycles. The van der Waals surface area contributed by atoms with E-state index in [1.54, 1.807) is 30.5 Å². The highest BCUT2D eigenvalue weighted by atomic mass is 19.4. The number of aliphatic hydroxyl groups is 1. The fraction of sp³-hybridized carbons (Fsp3) is 0.519. The zero-order valence-corrected chi connectivity index (χ0v) is 44.4. The number of alkyl carbamates (subject to hydrolysis) is 2. The van der Waals surface area contributed by atoms with E-state index in [2.05, 4.69) is 46.8 Å². The van der Waals surface area contributed by atoms with E-state index < -0.39 is 91.1 Å². The SMILES string of the molecule is COC(=O)N[C@H](C(=O)N[C@@H](Cc1ccc(C#Cc2ccc(N3CC4CCC(C3)N4C3CCC3)nc2)cc1)[C@@H](O)CN(Cc1ccc(C(C=NC(F)F)=CN)cc1)NC(=O)[C@@H](NC(=O)OC)C(C)(C)C(F)(F)F)C(C)(C)C(F)(F)F. The molecule has 6 rings (SSSR count). The molecule has 2 aromatic carbocycles. The van der Waals surface area contributed by atoms with Crippen molar-refractivity contribution < 1.29 is 68.9 Å². The number of amides is 4. The molecular weight excluding hydrogens is 1050 g/mol. The van der Waals surface area contributed by atoms with Gasteiger partial charge < -0.3 is 41.2 Å². The third kappa shape index (κ3) is 15.4. The Morgan fingerprint density at radius 1 is 0.772 bits per heavy atom. The third-order valence-corrected chi connectivity index (χ3v) is 14.8.